The summed E-state index contributed by atoms with van der Waals surface area (Å²) < 4.78 is 5.67. The van der Waals surface area contributed by atoms with Crippen LogP contribution >= 0.6 is 0 Å². The quantitative estimate of drug-likeness (QED) is 0.670. The summed E-state index contributed by atoms with van der Waals surface area (Å²) in [7, 11) is -4.60. The van der Waals surface area contributed by atoms with E-state index in [-0.39, 0.29) is 12.0 Å². The molecule has 0 spiro atoms. The van der Waals surface area contributed by atoms with Gasteiger partial charge in [0.15, 0.2) is 0 Å². The Bertz CT molecular complexity index is 317. The fourth-order valence-electron chi connectivity index (χ4n) is 1.74. The van der Waals surface area contributed by atoms with Crippen LogP contribution in [0.3, 0.4) is 0 Å². The lowest BCUT2D eigenvalue weighted by atomic mass is 10.2. The van der Waals surface area contributed by atoms with Gasteiger partial charge in [0.2, 0.25) is 8.32 Å². The smallest absolute Gasteiger partial charge is 0.309 e. The van der Waals surface area contributed by atoms with Gasteiger partial charge in [0, 0.05) is 0 Å². The minimum absolute atomic E-state index is 0.0658. The van der Waals surface area contributed by atoms with Crippen molar-refractivity contribution < 1.29 is 9.22 Å². The van der Waals surface area contributed by atoms with Crippen LogP contribution in [0.4, 0.5) is 0 Å². The summed E-state index contributed by atoms with van der Waals surface area (Å²) in [6.07, 6.45) is 0.803. The molecular formula is C13H34N2O2Si3. The first-order valence-electron chi connectivity index (χ1n) is 7.45. The van der Waals surface area contributed by atoms with Crippen LogP contribution in [0, 0.1) is 0 Å². The van der Waals surface area contributed by atoms with Crippen LogP contribution in [-0.4, -0.2) is 43.3 Å². The second kappa shape index (κ2) is 7.35. The van der Waals surface area contributed by atoms with Crippen LogP contribution in [0.5, 0.6) is 0 Å². The Balaban J connectivity index is 4.61. The average Bonchev–Trinajstić information content (AvgIpc) is 2.09. The van der Waals surface area contributed by atoms with E-state index in [1.165, 1.54) is 0 Å². The number of carbonyl (C=O) groups excluding carboxylic acids is 1. The molecule has 0 heterocycles. The maximum Gasteiger partial charge on any atom is 0.309 e. The highest BCUT2D eigenvalue weighted by Gasteiger charge is 2.30. The zero-order valence-corrected chi connectivity index (χ0v) is 17.8. The minimum atomic E-state index is -1.82. The molecule has 0 fully saturated rings. The van der Waals surface area contributed by atoms with Crippen molar-refractivity contribution in [3.8, 4) is 0 Å². The monoisotopic (exact) mass is 334 g/mol. The highest BCUT2D eigenvalue weighted by atomic mass is 28.4. The van der Waals surface area contributed by atoms with Gasteiger partial charge in [-0.3, -0.25) is 4.79 Å². The predicted octanol–water partition coefficient (Wildman–Crippen LogP) is 2.97. The van der Waals surface area contributed by atoms with Crippen molar-refractivity contribution in [3.63, 3.8) is 0 Å². The summed E-state index contributed by atoms with van der Waals surface area (Å²) in [6, 6.07) is -0.169. The molecule has 0 rings (SSSR count). The van der Waals surface area contributed by atoms with Crippen molar-refractivity contribution >= 4 is 30.8 Å². The highest BCUT2D eigenvalue weighted by Crippen LogP contribution is 2.09. The van der Waals surface area contributed by atoms with Gasteiger partial charge in [-0.1, -0.05) is 39.3 Å². The standard InChI is InChI=1S/C13H34N2O2Si3/c1-18(2,3)14-11-10-12(15-19(4,5)6)13(16)17-20(7,8)9/h12,14-15H,10-11H2,1-9H3/t12-/m0/s1. The first-order chi connectivity index (χ1) is 8.70. The van der Waals surface area contributed by atoms with Gasteiger partial charge in [-0.2, -0.15) is 0 Å². The normalized spacial score (nSPS) is 15.1. The fourth-order valence-corrected chi connectivity index (χ4v) is 4.68. The average molecular weight is 335 g/mol. The third-order valence-electron chi connectivity index (χ3n) is 2.39. The van der Waals surface area contributed by atoms with Gasteiger partial charge in [0.05, 0.1) is 6.04 Å². The maximum absolute atomic E-state index is 12.3. The molecule has 0 saturated carbocycles. The molecule has 0 aromatic rings. The summed E-state index contributed by atoms with van der Waals surface area (Å²) in [6.45, 7) is 20.5. The molecule has 0 saturated heterocycles. The summed E-state index contributed by atoms with van der Waals surface area (Å²) in [5.74, 6) is -0.0658. The largest absolute Gasteiger partial charge is 0.519 e. The van der Waals surface area contributed by atoms with Gasteiger partial charge >= 0.3 is 5.97 Å². The van der Waals surface area contributed by atoms with Crippen molar-refractivity contribution in [2.75, 3.05) is 6.54 Å². The topological polar surface area (TPSA) is 50.4 Å². The Labute approximate surface area is 128 Å². The summed E-state index contributed by atoms with van der Waals surface area (Å²) in [5.41, 5.74) is 0. The van der Waals surface area contributed by atoms with Crippen molar-refractivity contribution in [1.82, 2.24) is 9.96 Å². The van der Waals surface area contributed by atoms with Crippen LogP contribution in [0.15, 0.2) is 0 Å². The fraction of sp³-hybridized carbons (Fsp3) is 0.923. The molecule has 120 valence electrons. The second-order valence-electron chi connectivity index (χ2n) is 8.45. The van der Waals surface area contributed by atoms with Crippen LogP contribution in [0.2, 0.25) is 58.9 Å². The summed E-state index contributed by atoms with van der Waals surface area (Å²) in [5, 5.41) is 0. The molecule has 7 heteroatoms. The zero-order valence-electron chi connectivity index (χ0n) is 14.8. The lowest BCUT2D eigenvalue weighted by Gasteiger charge is -2.29. The molecule has 0 bridgehead atoms. The van der Waals surface area contributed by atoms with E-state index >= 15 is 0 Å². The van der Waals surface area contributed by atoms with Crippen LogP contribution in [-0.2, 0) is 9.22 Å². The van der Waals surface area contributed by atoms with Crippen LogP contribution in [0.1, 0.15) is 6.42 Å². The molecule has 1 atom stereocenters. The molecule has 0 aromatic carbocycles. The number of rotatable bonds is 8. The van der Waals surface area contributed by atoms with E-state index in [1.54, 1.807) is 0 Å². The summed E-state index contributed by atoms with van der Waals surface area (Å²) in [4.78, 5) is 19.4. The predicted molar refractivity (Wildman–Crippen MR) is 95.7 cm³/mol. The molecular weight excluding hydrogens is 300 g/mol. The van der Waals surface area contributed by atoms with E-state index < -0.39 is 24.8 Å². The summed E-state index contributed by atoms with van der Waals surface area (Å²) >= 11 is 0. The van der Waals surface area contributed by atoms with E-state index in [2.05, 4.69) is 68.9 Å². The molecule has 4 nitrogen and oxygen atoms in total. The third kappa shape index (κ3) is 11.8. The van der Waals surface area contributed by atoms with Gasteiger partial charge < -0.3 is 14.4 Å². The van der Waals surface area contributed by atoms with E-state index in [1.807, 2.05) is 0 Å². The Morgan fingerprint density at radius 1 is 0.950 bits per heavy atom. The second-order valence-corrected chi connectivity index (χ2v) is 22.5. The van der Waals surface area contributed by atoms with Gasteiger partial charge in [0.1, 0.15) is 16.5 Å². The van der Waals surface area contributed by atoms with Crippen molar-refractivity contribution in [3.05, 3.63) is 0 Å². The van der Waals surface area contributed by atoms with Gasteiger partial charge in [-0.15, -0.1) is 0 Å². The molecule has 0 aliphatic heterocycles. The van der Waals surface area contributed by atoms with E-state index in [4.69, 9.17) is 4.43 Å². The van der Waals surface area contributed by atoms with E-state index in [0.29, 0.717) is 0 Å². The van der Waals surface area contributed by atoms with Crippen LogP contribution in [0.25, 0.3) is 0 Å². The third-order valence-corrected chi connectivity index (χ3v) is 5.73. The molecule has 0 unspecified atom stereocenters. The number of carbonyl (C=O) groups is 1. The Hall–Kier alpha value is 0.0406. The van der Waals surface area contributed by atoms with Gasteiger partial charge in [-0.05, 0) is 32.6 Å². The zero-order chi connectivity index (χ0) is 16.2. The number of nitrogens with one attached hydrogen (secondary N) is 2. The Kier molecular flexibility index (Phi) is 7.36. The lowest BCUT2D eigenvalue weighted by Crippen LogP contribution is -2.54. The van der Waals surface area contributed by atoms with Gasteiger partial charge in [0.25, 0.3) is 0 Å². The molecule has 0 amide bonds. The molecule has 0 aliphatic rings. The Morgan fingerprint density at radius 3 is 1.80 bits per heavy atom. The molecule has 0 radical (unpaired) electrons. The van der Waals surface area contributed by atoms with Crippen molar-refractivity contribution in [2.24, 2.45) is 0 Å². The van der Waals surface area contributed by atoms with Crippen LogP contribution < -0.4 is 9.96 Å². The van der Waals surface area contributed by atoms with E-state index in [9.17, 15) is 4.79 Å². The SMILES string of the molecule is C[Si](C)(C)NCC[C@H](N[Si](C)(C)C)C(=O)O[Si](C)(C)C. The van der Waals surface area contributed by atoms with Gasteiger partial charge in [-0.25, -0.2) is 0 Å². The molecule has 2 N–H and O–H groups in total. The number of hydrogen-bond donors (Lipinski definition) is 2. The lowest BCUT2D eigenvalue weighted by molar-refractivity contribution is -0.137. The van der Waals surface area contributed by atoms with E-state index in [0.717, 1.165) is 13.0 Å². The Morgan fingerprint density at radius 2 is 1.45 bits per heavy atom. The minimum Gasteiger partial charge on any atom is -0.519 e. The highest BCUT2D eigenvalue weighted by molar-refractivity contribution is 6.74. The van der Waals surface area contributed by atoms with Crippen molar-refractivity contribution in [1.29, 1.82) is 0 Å². The molecule has 20 heavy (non-hydrogen) atoms. The maximum atomic E-state index is 12.3. The first kappa shape index (κ1) is 20.0. The number of hydrogen-bond acceptors (Lipinski definition) is 4. The molecule has 0 aromatic heterocycles. The molecule has 0 aliphatic carbocycles. The van der Waals surface area contributed by atoms with Crippen molar-refractivity contribution in [2.45, 2.75) is 71.4 Å². The first-order valence-corrected chi connectivity index (χ1v) is 17.9.